The highest BCUT2D eigenvalue weighted by Gasteiger charge is 2.65. The molecule has 31 heavy (non-hydrogen) atoms. The van der Waals surface area contributed by atoms with Gasteiger partial charge in [-0.1, -0.05) is 13.0 Å². The Morgan fingerprint density at radius 1 is 1.26 bits per heavy atom. The molecule has 0 bridgehead atoms. The van der Waals surface area contributed by atoms with E-state index in [2.05, 4.69) is 10.3 Å². The molecule has 2 aromatic rings. The maximum atomic E-state index is 13.8. The average molecular weight is 441 g/mol. The van der Waals surface area contributed by atoms with Crippen molar-refractivity contribution in [3.63, 3.8) is 0 Å². The molecule has 4 atom stereocenters. The number of ether oxygens (including phenoxy) is 1. The average Bonchev–Trinajstić information content (AvgIpc) is 2.94. The van der Waals surface area contributed by atoms with Crippen molar-refractivity contribution in [2.75, 3.05) is 5.32 Å². The van der Waals surface area contributed by atoms with Crippen LogP contribution in [0.2, 0.25) is 0 Å². The van der Waals surface area contributed by atoms with Crippen molar-refractivity contribution in [2.24, 2.45) is 11.7 Å². The summed E-state index contributed by atoms with van der Waals surface area (Å²) >= 11 is 0. The number of rotatable bonds is 4. The number of carbonyl (C=O) groups excluding carboxylic acids is 2. The number of phenols is 1. The quantitative estimate of drug-likeness (QED) is 0.631. The Bertz CT molecular complexity index is 1030. The second-order valence-electron chi connectivity index (χ2n) is 7.44. The zero-order valence-corrected chi connectivity index (χ0v) is 16.4. The Morgan fingerprint density at radius 2 is 1.94 bits per heavy atom. The number of nitrogens with zero attached hydrogens (tertiary/aromatic N) is 1. The Hall–Kier alpha value is -3.21. The molecule has 166 valence electrons. The Morgan fingerprint density at radius 3 is 2.52 bits per heavy atom. The number of aromatic nitrogens is 1. The third-order valence-electron chi connectivity index (χ3n) is 5.56. The van der Waals surface area contributed by atoms with Crippen LogP contribution in [0.25, 0.3) is 0 Å². The van der Waals surface area contributed by atoms with Crippen LogP contribution in [-0.4, -0.2) is 39.8 Å². The highest BCUT2D eigenvalue weighted by atomic mass is 19.4. The number of carbonyl (C=O) groups is 2. The Labute approximate surface area is 174 Å². The standard InChI is InChI=1S/C20H19F4N3O4/c1-9-15(12-4-3-10(21)7-14(12)28)16(31-19(9,2)20(22,23)24)18(30)27-11-5-6-26-13(8-11)17(25)29/h3-9,15-16,28H,1-2H3,(H2,25,29)(H,26,27,30)/t9-,15-,16+,19-/m1/s1. The summed E-state index contributed by atoms with van der Waals surface area (Å²) in [5, 5.41) is 12.5. The maximum Gasteiger partial charge on any atom is 0.417 e. The maximum absolute atomic E-state index is 13.8. The molecule has 7 nitrogen and oxygen atoms in total. The van der Waals surface area contributed by atoms with Gasteiger partial charge in [-0.05, 0) is 25.1 Å². The number of pyridine rings is 1. The molecular formula is C20H19F4N3O4. The molecule has 0 aliphatic carbocycles. The monoisotopic (exact) mass is 441 g/mol. The lowest BCUT2D eigenvalue weighted by Gasteiger charge is -2.31. The molecule has 1 aliphatic rings. The highest BCUT2D eigenvalue weighted by Crippen LogP contribution is 2.54. The van der Waals surface area contributed by atoms with E-state index in [1.54, 1.807) is 0 Å². The van der Waals surface area contributed by atoms with E-state index in [1.807, 2.05) is 0 Å². The number of phenolic OH excluding ortho intramolecular Hbond substituents is 1. The van der Waals surface area contributed by atoms with Gasteiger partial charge in [-0.25, -0.2) is 4.39 Å². The predicted octanol–water partition coefficient (Wildman–Crippen LogP) is 3.10. The van der Waals surface area contributed by atoms with Gasteiger partial charge in [-0.2, -0.15) is 13.2 Å². The van der Waals surface area contributed by atoms with Crippen LogP contribution in [0.3, 0.4) is 0 Å². The minimum atomic E-state index is -4.83. The van der Waals surface area contributed by atoms with Gasteiger partial charge in [0.25, 0.3) is 11.8 Å². The van der Waals surface area contributed by atoms with Gasteiger partial charge in [0.1, 0.15) is 23.4 Å². The predicted molar refractivity (Wildman–Crippen MR) is 101 cm³/mol. The van der Waals surface area contributed by atoms with E-state index in [1.165, 1.54) is 19.2 Å². The molecule has 1 aromatic heterocycles. The molecule has 0 saturated carbocycles. The number of benzene rings is 1. The molecule has 1 saturated heterocycles. The number of hydrogen-bond donors (Lipinski definition) is 3. The molecule has 1 aliphatic heterocycles. The van der Waals surface area contributed by atoms with Crippen LogP contribution in [0, 0.1) is 11.7 Å². The first-order valence-corrected chi connectivity index (χ1v) is 9.15. The van der Waals surface area contributed by atoms with Crippen LogP contribution in [0.5, 0.6) is 5.75 Å². The summed E-state index contributed by atoms with van der Waals surface area (Å²) < 4.78 is 60.1. The fourth-order valence-corrected chi connectivity index (χ4v) is 3.68. The minimum absolute atomic E-state index is 0.0606. The van der Waals surface area contributed by atoms with Crippen LogP contribution in [-0.2, 0) is 9.53 Å². The molecule has 2 amide bonds. The third-order valence-corrected chi connectivity index (χ3v) is 5.56. The third kappa shape index (κ3) is 4.05. The zero-order chi connectivity index (χ0) is 23.1. The summed E-state index contributed by atoms with van der Waals surface area (Å²) in [7, 11) is 0. The Kier molecular flexibility index (Phi) is 5.66. The fraction of sp³-hybridized carbons (Fsp3) is 0.350. The molecule has 2 heterocycles. The van der Waals surface area contributed by atoms with Crippen LogP contribution in [0.4, 0.5) is 23.2 Å². The number of aromatic hydroxyl groups is 1. The lowest BCUT2D eigenvalue weighted by Crippen LogP contribution is -2.47. The number of alkyl halides is 3. The first-order chi connectivity index (χ1) is 14.3. The number of nitrogens with one attached hydrogen (secondary N) is 1. The first-order valence-electron chi connectivity index (χ1n) is 9.15. The van der Waals surface area contributed by atoms with Crippen molar-refractivity contribution in [2.45, 2.75) is 37.6 Å². The van der Waals surface area contributed by atoms with Crippen molar-refractivity contribution < 1.29 is 37.0 Å². The van der Waals surface area contributed by atoms with Gasteiger partial charge in [0.05, 0.1) is 0 Å². The van der Waals surface area contributed by atoms with Gasteiger partial charge >= 0.3 is 6.18 Å². The van der Waals surface area contributed by atoms with Gasteiger partial charge in [0.2, 0.25) is 0 Å². The van der Waals surface area contributed by atoms with Crippen LogP contribution in [0.15, 0.2) is 36.5 Å². The van der Waals surface area contributed by atoms with Gasteiger partial charge in [0, 0.05) is 35.3 Å². The fourth-order valence-electron chi connectivity index (χ4n) is 3.68. The number of anilines is 1. The summed E-state index contributed by atoms with van der Waals surface area (Å²) in [5.41, 5.74) is 2.27. The summed E-state index contributed by atoms with van der Waals surface area (Å²) in [6.07, 6.45) is -5.31. The summed E-state index contributed by atoms with van der Waals surface area (Å²) in [5.74, 6) is -5.74. The zero-order valence-electron chi connectivity index (χ0n) is 16.4. The number of nitrogens with two attached hydrogens (primary N) is 1. The summed E-state index contributed by atoms with van der Waals surface area (Å²) in [6, 6.07) is 5.32. The molecule has 0 radical (unpaired) electrons. The normalized spacial score (nSPS) is 25.9. The van der Waals surface area contributed by atoms with Gasteiger partial charge in [-0.15, -0.1) is 0 Å². The van der Waals surface area contributed by atoms with Crippen molar-refractivity contribution in [1.29, 1.82) is 0 Å². The van der Waals surface area contributed by atoms with Gasteiger partial charge in [-0.3, -0.25) is 14.6 Å². The molecule has 0 spiro atoms. The smallest absolute Gasteiger partial charge is 0.417 e. The van der Waals surface area contributed by atoms with E-state index in [4.69, 9.17) is 10.5 Å². The minimum Gasteiger partial charge on any atom is -0.508 e. The Balaban J connectivity index is 2.01. The lowest BCUT2D eigenvalue weighted by atomic mass is 9.77. The SMILES string of the molecule is C[C@@H]1[C@H](c2ccc(F)cc2O)[C@@H](C(=O)Nc2ccnc(C(N)=O)c2)O[C@@]1(C)C(F)(F)F. The second kappa shape index (κ2) is 7.80. The van der Waals surface area contributed by atoms with Crippen molar-refractivity contribution in [3.8, 4) is 5.75 Å². The molecule has 1 fully saturated rings. The molecule has 11 heteroatoms. The van der Waals surface area contributed by atoms with E-state index in [0.29, 0.717) is 0 Å². The van der Waals surface area contributed by atoms with E-state index in [9.17, 15) is 32.3 Å². The summed E-state index contributed by atoms with van der Waals surface area (Å²) in [6.45, 7) is 2.06. The topological polar surface area (TPSA) is 115 Å². The molecule has 4 N–H and O–H groups in total. The largest absolute Gasteiger partial charge is 0.508 e. The van der Waals surface area contributed by atoms with E-state index >= 15 is 0 Å². The van der Waals surface area contributed by atoms with Crippen molar-refractivity contribution >= 4 is 17.5 Å². The number of hydrogen-bond acceptors (Lipinski definition) is 5. The lowest BCUT2D eigenvalue weighted by molar-refractivity contribution is -0.272. The number of halogens is 4. The van der Waals surface area contributed by atoms with Gasteiger partial charge < -0.3 is 20.9 Å². The molecule has 3 rings (SSSR count). The highest BCUT2D eigenvalue weighted by molar-refractivity contribution is 5.97. The van der Waals surface area contributed by atoms with Gasteiger partial charge in [0.15, 0.2) is 5.60 Å². The first kappa shape index (κ1) is 22.5. The van der Waals surface area contributed by atoms with E-state index in [-0.39, 0.29) is 16.9 Å². The van der Waals surface area contributed by atoms with Crippen LogP contribution in [0.1, 0.15) is 35.8 Å². The summed E-state index contributed by atoms with van der Waals surface area (Å²) in [4.78, 5) is 27.9. The van der Waals surface area contributed by atoms with Crippen LogP contribution < -0.4 is 11.1 Å². The molecular weight excluding hydrogens is 422 g/mol. The van der Waals surface area contributed by atoms with E-state index < -0.39 is 53.1 Å². The van der Waals surface area contributed by atoms with Crippen molar-refractivity contribution in [3.05, 3.63) is 53.6 Å². The molecule has 1 aromatic carbocycles. The van der Waals surface area contributed by atoms with Crippen molar-refractivity contribution in [1.82, 2.24) is 4.98 Å². The number of amides is 2. The van der Waals surface area contributed by atoms with Crippen LogP contribution >= 0.6 is 0 Å². The molecule has 0 unspecified atom stereocenters. The number of primary amides is 1. The second-order valence-corrected chi connectivity index (χ2v) is 7.44. The van der Waals surface area contributed by atoms with E-state index in [0.717, 1.165) is 31.2 Å².